The largest absolute Gasteiger partial charge is 0.490 e. The molecule has 0 spiro atoms. The van der Waals surface area contributed by atoms with E-state index in [4.69, 9.17) is 14.6 Å². The minimum Gasteiger partial charge on any atom is -0.490 e. The van der Waals surface area contributed by atoms with Gasteiger partial charge in [0.15, 0.2) is 11.5 Å². The van der Waals surface area contributed by atoms with Gasteiger partial charge in [0.2, 0.25) is 0 Å². The van der Waals surface area contributed by atoms with Crippen LogP contribution in [-0.4, -0.2) is 35.8 Å². The molecule has 106 valence electrons. The number of rotatable bonds is 8. The van der Waals surface area contributed by atoms with Gasteiger partial charge >= 0.3 is 5.97 Å². The lowest BCUT2D eigenvalue weighted by molar-refractivity contribution is 0.0696. The van der Waals surface area contributed by atoms with E-state index in [0.717, 1.165) is 11.5 Å². The zero-order chi connectivity index (χ0) is 14.3. The van der Waals surface area contributed by atoms with Gasteiger partial charge < -0.3 is 14.6 Å². The van der Waals surface area contributed by atoms with Crippen molar-refractivity contribution in [3.8, 4) is 11.5 Å². The fourth-order valence-corrected chi connectivity index (χ4v) is 2.49. The van der Waals surface area contributed by atoms with Crippen molar-refractivity contribution in [1.82, 2.24) is 0 Å². The molecule has 0 aliphatic carbocycles. The lowest BCUT2D eigenvalue weighted by atomic mass is 10.2. The van der Waals surface area contributed by atoms with E-state index < -0.39 is 5.97 Å². The Labute approximate surface area is 125 Å². The summed E-state index contributed by atoms with van der Waals surface area (Å²) in [7, 11) is 0. The van der Waals surface area contributed by atoms with Crippen LogP contribution in [0.25, 0.3) is 0 Å². The molecule has 1 rings (SSSR count). The van der Waals surface area contributed by atoms with Crippen LogP contribution in [-0.2, 0) is 0 Å². The molecule has 0 fully saturated rings. The topological polar surface area (TPSA) is 55.8 Å². The molecule has 0 amide bonds. The Bertz CT molecular complexity index is 437. The lowest BCUT2D eigenvalue weighted by Crippen LogP contribution is -2.06. The Hall–Kier alpha value is -0.880. The lowest BCUT2D eigenvalue weighted by Gasteiger charge is -2.14. The van der Waals surface area contributed by atoms with Crippen molar-refractivity contribution in [2.75, 3.05) is 24.7 Å². The Morgan fingerprint density at radius 1 is 1.37 bits per heavy atom. The molecule has 0 aromatic heterocycles. The van der Waals surface area contributed by atoms with Crippen molar-refractivity contribution in [1.29, 1.82) is 0 Å². The van der Waals surface area contributed by atoms with E-state index in [0.29, 0.717) is 29.2 Å². The number of carboxylic acid groups (broad SMARTS) is 1. The molecule has 4 nitrogen and oxygen atoms in total. The molecule has 0 radical (unpaired) electrons. The van der Waals surface area contributed by atoms with Gasteiger partial charge in [-0.3, -0.25) is 0 Å². The van der Waals surface area contributed by atoms with Gasteiger partial charge in [-0.15, -0.1) is 0 Å². The first-order valence-corrected chi connectivity index (χ1v) is 7.95. The SMILES string of the molecule is CCOc1cc(C(=O)O)cc(Br)c1OCCSCC. The van der Waals surface area contributed by atoms with Gasteiger partial charge in [0.25, 0.3) is 0 Å². The summed E-state index contributed by atoms with van der Waals surface area (Å²) in [6.07, 6.45) is 0. The van der Waals surface area contributed by atoms with Crippen LogP contribution < -0.4 is 9.47 Å². The third kappa shape index (κ3) is 4.95. The Morgan fingerprint density at radius 3 is 2.68 bits per heavy atom. The first-order valence-electron chi connectivity index (χ1n) is 6.00. The average Bonchev–Trinajstić information content (AvgIpc) is 2.36. The van der Waals surface area contributed by atoms with Gasteiger partial charge in [0, 0.05) is 5.75 Å². The highest BCUT2D eigenvalue weighted by Gasteiger charge is 2.15. The summed E-state index contributed by atoms with van der Waals surface area (Å²) in [5, 5.41) is 9.02. The van der Waals surface area contributed by atoms with Gasteiger partial charge in [0.1, 0.15) is 0 Å². The first-order chi connectivity index (χ1) is 9.10. The predicted octanol–water partition coefficient (Wildman–Crippen LogP) is 3.68. The van der Waals surface area contributed by atoms with E-state index in [1.807, 2.05) is 6.92 Å². The van der Waals surface area contributed by atoms with Crippen LogP contribution in [0, 0.1) is 0 Å². The second-order valence-corrected chi connectivity index (χ2v) is 5.82. The van der Waals surface area contributed by atoms with E-state index in [2.05, 4.69) is 22.9 Å². The van der Waals surface area contributed by atoms with Crippen molar-refractivity contribution in [3.63, 3.8) is 0 Å². The number of hydrogen-bond acceptors (Lipinski definition) is 4. The Morgan fingerprint density at radius 2 is 2.11 bits per heavy atom. The number of hydrogen-bond donors (Lipinski definition) is 1. The molecule has 0 bridgehead atoms. The number of thioether (sulfide) groups is 1. The van der Waals surface area contributed by atoms with Crippen LogP contribution in [0.15, 0.2) is 16.6 Å². The number of carbonyl (C=O) groups is 1. The molecule has 1 aromatic rings. The molecular formula is C13H17BrO4S. The molecule has 6 heteroatoms. The Balaban J connectivity index is 2.90. The van der Waals surface area contributed by atoms with E-state index in [9.17, 15) is 4.79 Å². The molecule has 0 heterocycles. The Kier molecular flexibility index (Phi) is 7.09. The van der Waals surface area contributed by atoms with Crippen LogP contribution in [0.1, 0.15) is 24.2 Å². The second kappa shape index (κ2) is 8.32. The molecule has 0 aliphatic heterocycles. The van der Waals surface area contributed by atoms with Crippen molar-refractivity contribution in [3.05, 3.63) is 22.2 Å². The average molecular weight is 349 g/mol. The summed E-state index contributed by atoms with van der Waals surface area (Å²) in [5.41, 5.74) is 0.172. The van der Waals surface area contributed by atoms with Gasteiger partial charge in [-0.1, -0.05) is 6.92 Å². The van der Waals surface area contributed by atoms with Crippen LogP contribution in [0.3, 0.4) is 0 Å². The molecule has 0 saturated carbocycles. The third-order valence-electron chi connectivity index (χ3n) is 2.23. The maximum Gasteiger partial charge on any atom is 0.335 e. The monoisotopic (exact) mass is 348 g/mol. The van der Waals surface area contributed by atoms with Gasteiger partial charge in [-0.05, 0) is 40.7 Å². The molecule has 0 aliphatic rings. The summed E-state index contributed by atoms with van der Waals surface area (Å²) in [5.74, 6) is 1.95. The van der Waals surface area contributed by atoms with Gasteiger partial charge in [0.05, 0.1) is 23.2 Å². The highest BCUT2D eigenvalue weighted by atomic mass is 79.9. The van der Waals surface area contributed by atoms with E-state index in [1.165, 1.54) is 12.1 Å². The number of ether oxygens (including phenoxy) is 2. The summed E-state index contributed by atoms with van der Waals surface area (Å²) in [6, 6.07) is 3.01. The highest BCUT2D eigenvalue weighted by Crippen LogP contribution is 2.37. The van der Waals surface area contributed by atoms with Gasteiger partial charge in [-0.25, -0.2) is 4.79 Å². The zero-order valence-electron chi connectivity index (χ0n) is 10.9. The number of carboxylic acids is 1. The standard InChI is InChI=1S/C13H17BrO4S/c1-3-17-11-8-9(13(15)16)7-10(14)12(11)18-5-6-19-4-2/h7-8H,3-6H2,1-2H3,(H,15,16). The van der Waals surface area contributed by atoms with Crippen LogP contribution in [0.2, 0.25) is 0 Å². The number of halogens is 1. The number of aromatic carboxylic acids is 1. The van der Waals surface area contributed by atoms with Crippen molar-refractivity contribution in [2.45, 2.75) is 13.8 Å². The summed E-state index contributed by atoms with van der Waals surface area (Å²) < 4.78 is 11.7. The highest BCUT2D eigenvalue weighted by molar-refractivity contribution is 9.10. The quantitative estimate of drug-likeness (QED) is 0.726. The smallest absolute Gasteiger partial charge is 0.335 e. The summed E-state index contributed by atoms with van der Waals surface area (Å²) in [6.45, 7) is 4.95. The third-order valence-corrected chi connectivity index (χ3v) is 3.69. The molecule has 1 aromatic carbocycles. The van der Waals surface area contributed by atoms with Gasteiger partial charge in [-0.2, -0.15) is 11.8 Å². The second-order valence-electron chi connectivity index (χ2n) is 3.57. The summed E-state index contributed by atoms with van der Waals surface area (Å²) in [4.78, 5) is 11.0. The zero-order valence-corrected chi connectivity index (χ0v) is 13.3. The minimum absolute atomic E-state index is 0.172. The summed E-state index contributed by atoms with van der Waals surface area (Å²) >= 11 is 5.12. The van der Waals surface area contributed by atoms with Crippen molar-refractivity contribution < 1.29 is 19.4 Å². The van der Waals surface area contributed by atoms with Crippen LogP contribution in [0.5, 0.6) is 11.5 Å². The van der Waals surface area contributed by atoms with E-state index in [1.54, 1.807) is 11.8 Å². The minimum atomic E-state index is -0.991. The first kappa shape index (κ1) is 16.2. The van der Waals surface area contributed by atoms with Crippen LogP contribution in [0.4, 0.5) is 0 Å². The molecular weight excluding hydrogens is 332 g/mol. The van der Waals surface area contributed by atoms with E-state index in [-0.39, 0.29) is 5.56 Å². The number of benzene rings is 1. The fraction of sp³-hybridized carbons (Fsp3) is 0.462. The molecule has 1 N–H and O–H groups in total. The molecule has 0 unspecified atom stereocenters. The maximum absolute atomic E-state index is 11.0. The maximum atomic E-state index is 11.0. The predicted molar refractivity (Wildman–Crippen MR) is 80.8 cm³/mol. The van der Waals surface area contributed by atoms with E-state index >= 15 is 0 Å². The van der Waals surface area contributed by atoms with Crippen molar-refractivity contribution in [2.24, 2.45) is 0 Å². The van der Waals surface area contributed by atoms with Crippen molar-refractivity contribution >= 4 is 33.7 Å². The fourth-order valence-electron chi connectivity index (χ4n) is 1.44. The normalized spacial score (nSPS) is 10.3. The molecule has 19 heavy (non-hydrogen) atoms. The van der Waals surface area contributed by atoms with Crippen LogP contribution >= 0.6 is 27.7 Å². The molecule has 0 saturated heterocycles. The molecule has 0 atom stereocenters.